The minimum Gasteiger partial charge on any atom is -0.493 e. The van der Waals surface area contributed by atoms with Crippen LogP contribution in [0.4, 0.5) is 5.82 Å². The van der Waals surface area contributed by atoms with E-state index in [0.717, 1.165) is 9.13 Å². The number of hydrogen-bond donors (Lipinski definition) is 1. The fourth-order valence-electron chi connectivity index (χ4n) is 2.55. The Morgan fingerprint density at radius 3 is 2.34 bits per heavy atom. The van der Waals surface area contributed by atoms with Gasteiger partial charge in [-0.25, -0.2) is 9.59 Å². The number of aromatic nitrogens is 2. The molecule has 1 heterocycles. The van der Waals surface area contributed by atoms with Crippen molar-refractivity contribution in [2.45, 2.75) is 20.0 Å². The van der Waals surface area contributed by atoms with Crippen LogP contribution in [0.1, 0.15) is 34.6 Å². The molecule has 0 aliphatic heterocycles. The zero-order chi connectivity index (χ0) is 21.9. The summed E-state index contributed by atoms with van der Waals surface area (Å²) >= 11 is 0. The number of carbonyl (C=O) groups excluding carboxylic acids is 2. The topological polar surface area (TPSA) is 132 Å². The number of hydrogen-bond acceptors (Lipinski definition) is 8. The molecular weight excluding hydrogens is 382 g/mol. The van der Waals surface area contributed by atoms with E-state index in [0.29, 0.717) is 11.5 Å². The SMILES string of the molecule is COc1cc(C(=O)OCC(=O)c2c(N)n(C)c(=O)n(C)c2=O)ccc1OC(C)C. The van der Waals surface area contributed by atoms with Gasteiger partial charge in [-0.1, -0.05) is 0 Å². The Morgan fingerprint density at radius 1 is 1.10 bits per heavy atom. The van der Waals surface area contributed by atoms with Gasteiger partial charge in [-0.05, 0) is 32.0 Å². The fraction of sp³-hybridized carbons (Fsp3) is 0.368. The second-order valence-electron chi connectivity index (χ2n) is 6.50. The standard InChI is InChI=1S/C19H23N3O7/c1-10(2)29-13-7-6-11(8-14(13)27-5)18(25)28-9-12(23)15-16(20)21(3)19(26)22(4)17(15)24/h6-8,10H,9,20H2,1-5H3. The first-order valence-corrected chi connectivity index (χ1v) is 8.69. The molecule has 0 spiro atoms. The molecule has 2 aromatic rings. The van der Waals surface area contributed by atoms with Crippen molar-refractivity contribution < 1.29 is 23.8 Å². The highest BCUT2D eigenvalue weighted by atomic mass is 16.5. The molecule has 0 saturated heterocycles. The number of rotatable bonds is 7. The Labute approximate surface area is 166 Å². The van der Waals surface area contributed by atoms with Gasteiger partial charge in [0.1, 0.15) is 11.4 Å². The summed E-state index contributed by atoms with van der Waals surface area (Å²) in [5, 5.41) is 0. The zero-order valence-corrected chi connectivity index (χ0v) is 16.8. The van der Waals surface area contributed by atoms with Gasteiger partial charge in [0.25, 0.3) is 5.56 Å². The van der Waals surface area contributed by atoms with Gasteiger partial charge in [0.05, 0.1) is 18.8 Å². The third-order valence-electron chi connectivity index (χ3n) is 4.09. The molecule has 0 aliphatic carbocycles. The van der Waals surface area contributed by atoms with Gasteiger partial charge in [0.2, 0.25) is 5.78 Å². The monoisotopic (exact) mass is 405 g/mol. The summed E-state index contributed by atoms with van der Waals surface area (Å²) in [4.78, 5) is 48.7. The van der Waals surface area contributed by atoms with E-state index in [1.54, 1.807) is 6.07 Å². The predicted octanol–water partition coefficient (Wildman–Crippen LogP) is 0.502. The van der Waals surface area contributed by atoms with Crippen molar-refractivity contribution in [1.82, 2.24) is 9.13 Å². The Balaban J connectivity index is 2.21. The molecule has 10 nitrogen and oxygen atoms in total. The van der Waals surface area contributed by atoms with E-state index >= 15 is 0 Å². The summed E-state index contributed by atoms with van der Waals surface area (Å²) in [6.45, 7) is 2.98. The van der Waals surface area contributed by atoms with E-state index in [2.05, 4.69) is 0 Å². The molecule has 0 saturated carbocycles. The number of anilines is 1. The average Bonchev–Trinajstić information content (AvgIpc) is 2.69. The summed E-state index contributed by atoms with van der Waals surface area (Å²) < 4.78 is 17.5. The average molecular weight is 405 g/mol. The zero-order valence-electron chi connectivity index (χ0n) is 16.8. The van der Waals surface area contributed by atoms with Crippen LogP contribution in [-0.2, 0) is 18.8 Å². The molecule has 0 fully saturated rings. The van der Waals surface area contributed by atoms with Gasteiger partial charge in [-0.3, -0.25) is 18.7 Å². The molecule has 0 amide bonds. The second-order valence-corrected chi connectivity index (χ2v) is 6.50. The van der Waals surface area contributed by atoms with Crippen LogP contribution in [0.5, 0.6) is 11.5 Å². The number of esters is 1. The maximum Gasteiger partial charge on any atom is 0.338 e. The van der Waals surface area contributed by atoms with Gasteiger partial charge in [0, 0.05) is 14.1 Å². The van der Waals surface area contributed by atoms with Gasteiger partial charge >= 0.3 is 11.7 Å². The van der Waals surface area contributed by atoms with Gasteiger partial charge in [-0.15, -0.1) is 0 Å². The Hall–Kier alpha value is -3.56. The minimum absolute atomic E-state index is 0.0887. The highest BCUT2D eigenvalue weighted by Crippen LogP contribution is 2.29. The third kappa shape index (κ3) is 4.48. The fourth-order valence-corrected chi connectivity index (χ4v) is 2.55. The molecule has 0 radical (unpaired) electrons. The molecule has 2 N–H and O–H groups in total. The van der Waals surface area contributed by atoms with Crippen LogP contribution >= 0.6 is 0 Å². The van der Waals surface area contributed by atoms with Crippen molar-refractivity contribution in [3.05, 3.63) is 50.2 Å². The number of nitrogens with zero attached hydrogens (tertiary/aromatic N) is 2. The smallest absolute Gasteiger partial charge is 0.338 e. The predicted molar refractivity (Wildman–Crippen MR) is 105 cm³/mol. The van der Waals surface area contributed by atoms with E-state index in [4.69, 9.17) is 19.9 Å². The highest BCUT2D eigenvalue weighted by molar-refractivity contribution is 6.02. The third-order valence-corrected chi connectivity index (χ3v) is 4.09. The van der Waals surface area contributed by atoms with Crippen molar-refractivity contribution >= 4 is 17.6 Å². The molecule has 0 atom stereocenters. The van der Waals surface area contributed by atoms with E-state index < -0.39 is 35.2 Å². The minimum atomic E-state index is -0.858. The number of benzene rings is 1. The summed E-state index contributed by atoms with van der Waals surface area (Å²) in [6.07, 6.45) is -0.0887. The quantitative estimate of drug-likeness (QED) is 0.520. The lowest BCUT2D eigenvalue weighted by Crippen LogP contribution is -2.42. The summed E-state index contributed by atoms with van der Waals surface area (Å²) in [7, 11) is 3.98. The number of nitrogens with two attached hydrogens (primary N) is 1. The summed E-state index contributed by atoms with van der Waals surface area (Å²) in [5.41, 5.74) is 3.91. The van der Waals surface area contributed by atoms with E-state index in [-0.39, 0.29) is 17.5 Å². The van der Waals surface area contributed by atoms with E-state index in [9.17, 15) is 19.2 Å². The number of ether oxygens (including phenoxy) is 3. The van der Waals surface area contributed by atoms with Crippen LogP contribution in [0.25, 0.3) is 0 Å². The molecular formula is C19H23N3O7. The summed E-state index contributed by atoms with van der Waals surface area (Å²) in [5.74, 6) is -1.13. The van der Waals surface area contributed by atoms with Crippen molar-refractivity contribution in [2.24, 2.45) is 14.1 Å². The molecule has 0 unspecified atom stereocenters. The molecule has 1 aromatic heterocycles. The molecule has 29 heavy (non-hydrogen) atoms. The van der Waals surface area contributed by atoms with Crippen molar-refractivity contribution in [3.63, 3.8) is 0 Å². The van der Waals surface area contributed by atoms with Crippen LogP contribution in [0.2, 0.25) is 0 Å². The molecule has 0 bridgehead atoms. The molecule has 1 aromatic carbocycles. The Kier molecular flexibility index (Phi) is 6.47. The molecule has 156 valence electrons. The van der Waals surface area contributed by atoms with E-state index in [1.165, 1.54) is 33.3 Å². The van der Waals surface area contributed by atoms with Crippen LogP contribution in [0.15, 0.2) is 27.8 Å². The number of carbonyl (C=O) groups is 2. The van der Waals surface area contributed by atoms with Crippen LogP contribution in [0, 0.1) is 0 Å². The van der Waals surface area contributed by atoms with Crippen LogP contribution < -0.4 is 26.5 Å². The number of Topliss-reactive ketones (excluding diaryl/α,β-unsaturated/α-hetero) is 1. The lowest BCUT2D eigenvalue weighted by molar-refractivity contribution is 0.0473. The second kappa shape index (κ2) is 8.63. The van der Waals surface area contributed by atoms with Gasteiger partial charge in [-0.2, -0.15) is 0 Å². The van der Waals surface area contributed by atoms with Crippen molar-refractivity contribution in [2.75, 3.05) is 19.5 Å². The van der Waals surface area contributed by atoms with Crippen LogP contribution in [-0.4, -0.2) is 40.7 Å². The number of nitrogen functional groups attached to an aromatic ring is 1. The Morgan fingerprint density at radius 2 is 1.76 bits per heavy atom. The van der Waals surface area contributed by atoms with Gasteiger partial charge in [0.15, 0.2) is 18.1 Å². The first kappa shape index (κ1) is 21.7. The number of methoxy groups -OCH3 is 1. The van der Waals surface area contributed by atoms with Crippen molar-refractivity contribution in [1.29, 1.82) is 0 Å². The first-order chi connectivity index (χ1) is 13.6. The molecule has 10 heteroatoms. The lowest BCUT2D eigenvalue weighted by atomic mass is 10.2. The van der Waals surface area contributed by atoms with Crippen LogP contribution in [0.3, 0.4) is 0 Å². The maximum absolute atomic E-state index is 12.4. The normalized spacial score (nSPS) is 10.7. The first-order valence-electron chi connectivity index (χ1n) is 8.69. The maximum atomic E-state index is 12.4. The largest absolute Gasteiger partial charge is 0.493 e. The van der Waals surface area contributed by atoms with E-state index in [1.807, 2.05) is 13.8 Å². The Bertz CT molecular complexity index is 1070. The lowest BCUT2D eigenvalue weighted by Gasteiger charge is -2.14. The van der Waals surface area contributed by atoms with Gasteiger partial charge < -0.3 is 19.9 Å². The molecule has 0 aliphatic rings. The summed E-state index contributed by atoms with van der Waals surface area (Å²) in [6, 6.07) is 4.44. The number of ketones is 1. The van der Waals surface area contributed by atoms with Crippen molar-refractivity contribution in [3.8, 4) is 11.5 Å². The molecule has 2 rings (SSSR count). The highest BCUT2D eigenvalue weighted by Gasteiger charge is 2.22.